The number of nitrogens with zero attached hydrogens (tertiary/aromatic N) is 2. The predicted molar refractivity (Wildman–Crippen MR) is 126 cm³/mol. The molecule has 34 heavy (non-hydrogen) atoms. The lowest BCUT2D eigenvalue weighted by molar-refractivity contribution is -0.145. The zero-order valence-electron chi connectivity index (χ0n) is 18.3. The minimum absolute atomic E-state index is 0.0352. The number of hydrogen-bond acceptors (Lipinski definition) is 6. The summed E-state index contributed by atoms with van der Waals surface area (Å²) in [6.45, 7) is 0.683. The molecule has 1 aliphatic rings. The van der Waals surface area contributed by atoms with Gasteiger partial charge in [0.25, 0.3) is 5.89 Å². The van der Waals surface area contributed by atoms with Crippen molar-refractivity contribution in [1.82, 2.24) is 15.5 Å². The summed E-state index contributed by atoms with van der Waals surface area (Å²) in [4.78, 5) is 28.0. The number of carboxylic acid groups (broad SMARTS) is 1. The summed E-state index contributed by atoms with van der Waals surface area (Å²) in [7, 11) is 0. The molecule has 1 heterocycles. The van der Waals surface area contributed by atoms with E-state index in [0.717, 1.165) is 16.7 Å². The van der Waals surface area contributed by atoms with Crippen LogP contribution in [-0.4, -0.2) is 33.0 Å². The smallest absolute Gasteiger partial charge is 0.306 e. The minimum Gasteiger partial charge on any atom is -0.481 e. The zero-order chi connectivity index (χ0) is 23.5. The number of hydrogen-bond donors (Lipinski definition) is 2. The van der Waals surface area contributed by atoms with Crippen LogP contribution in [0.1, 0.15) is 34.3 Å². The monoisotopic (exact) mass is 453 g/mol. The first-order valence-corrected chi connectivity index (χ1v) is 11.2. The number of nitrogens with one attached hydrogen (secondary N) is 1. The normalized spacial score (nSPS) is 17.2. The van der Waals surface area contributed by atoms with E-state index < -0.39 is 5.97 Å². The molecule has 5 rings (SSSR count). The number of benzene rings is 3. The summed E-state index contributed by atoms with van der Waals surface area (Å²) in [6, 6.07) is 24.4. The van der Waals surface area contributed by atoms with Crippen LogP contribution in [0.3, 0.4) is 0 Å². The molecule has 0 aliphatic heterocycles. The lowest BCUT2D eigenvalue weighted by atomic mass is 9.80. The van der Waals surface area contributed by atoms with E-state index >= 15 is 0 Å². The van der Waals surface area contributed by atoms with Gasteiger partial charge >= 0.3 is 5.97 Å². The van der Waals surface area contributed by atoms with Crippen LogP contribution in [0.15, 0.2) is 83.4 Å². The van der Waals surface area contributed by atoms with Gasteiger partial charge in [0.1, 0.15) is 0 Å². The van der Waals surface area contributed by atoms with Crippen LogP contribution in [0.25, 0.3) is 22.8 Å². The van der Waals surface area contributed by atoms with Gasteiger partial charge in [0.05, 0.1) is 5.92 Å². The van der Waals surface area contributed by atoms with Crippen molar-refractivity contribution in [1.29, 1.82) is 0 Å². The molecule has 0 amide bonds. The number of carboxylic acids is 1. The maximum Gasteiger partial charge on any atom is 0.306 e. The largest absolute Gasteiger partial charge is 0.481 e. The standard InChI is InChI=1S/C27H23N3O4/c31-24(18-4-2-1-3-5-18)19-10-12-21(13-11-19)26-29-25(30-34-26)20-8-6-17(7-9-20)16-28-23-14-22(15-23)27(32)33/h1-13,22-23,28H,14-16H2,(H,32,33). The molecule has 4 aromatic rings. The highest BCUT2D eigenvalue weighted by atomic mass is 16.5. The molecule has 1 aliphatic carbocycles. The highest BCUT2D eigenvalue weighted by Crippen LogP contribution is 2.28. The van der Waals surface area contributed by atoms with Crippen molar-refractivity contribution in [2.45, 2.75) is 25.4 Å². The van der Waals surface area contributed by atoms with E-state index in [1.807, 2.05) is 42.5 Å². The van der Waals surface area contributed by atoms with Crippen molar-refractivity contribution in [3.8, 4) is 22.8 Å². The van der Waals surface area contributed by atoms with E-state index in [1.165, 1.54) is 0 Å². The molecule has 3 aromatic carbocycles. The maximum absolute atomic E-state index is 12.6. The Morgan fingerprint density at radius 1 is 0.882 bits per heavy atom. The summed E-state index contributed by atoms with van der Waals surface area (Å²) < 4.78 is 5.44. The van der Waals surface area contributed by atoms with E-state index in [4.69, 9.17) is 9.63 Å². The Morgan fingerprint density at radius 2 is 1.53 bits per heavy atom. The number of carbonyl (C=O) groups is 2. The van der Waals surface area contributed by atoms with Gasteiger partial charge in [-0.25, -0.2) is 0 Å². The summed E-state index contributed by atoms with van der Waals surface area (Å²) in [6.07, 6.45) is 1.36. The fourth-order valence-corrected chi connectivity index (χ4v) is 4.00. The summed E-state index contributed by atoms with van der Waals surface area (Å²) >= 11 is 0. The topological polar surface area (TPSA) is 105 Å². The van der Waals surface area contributed by atoms with Gasteiger partial charge in [-0.05, 0) is 30.5 Å². The van der Waals surface area contributed by atoms with Crippen molar-refractivity contribution in [3.05, 3.63) is 95.6 Å². The van der Waals surface area contributed by atoms with E-state index in [2.05, 4.69) is 15.5 Å². The van der Waals surface area contributed by atoms with Crippen LogP contribution in [0.4, 0.5) is 0 Å². The second-order valence-corrected chi connectivity index (χ2v) is 8.48. The van der Waals surface area contributed by atoms with Gasteiger partial charge in [-0.15, -0.1) is 0 Å². The lowest BCUT2D eigenvalue weighted by Crippen LogP contribution is -2.43. The van der Waals surface area contributed by atoms with Crippen LogP contribution in [-0.2, 0) is 11.3 Å². The van der Waals surface area contributed by atoms with E-state index in [0.29, 0.717) is 42.2 Å². The fourth-order valence-electron chi connectivity index (χ4n) is 4.00. The van der Waals surface area contributed by atoms with Crippen molar-refractivity contribution in [2.24, 2.45) is 5.92 Å². The number of aromatic nitrogens is 2. The third-order valence-electron chi connectivity index (χ3n) is 6.15. The predicted octanol–water partition coefficient (Wildman–Crippen LogP) is 4.59. The zero-order valence-corrected chi connectivity index (χ0v) is 18.3. The molecule has 1 aromatic heterocycles. The first-order valence-electron chi connectivity index (χ1n) is 11.2. The molecular weight excluding hydrogens is 430 g/mol. The Morgan fingerprint density at radius 3 is 2.21 bits per heavy atom. The molecule has 0 atom stereocenters. The SMILES string of the molecule is O=C(c1ccccc1)c1ccc(-c2nc(-c3ccc(CNC4CC(C(=O)O)C4)cc3)no2)cc1. The molecule has 0 radical (unpaired) electrons. The van der Waals surface area contributed by atoms with Gasteiger partial charge in [0.2, 0.25) is 5.82 Å². The van der Waals surface area contributed by atoms with Crippen LogP contribution in [0.5, 0.6) is 0 Å². The fraction of sp³-hybridized carbons (Fsp3) is 0.185. The molecule has 2 N–H and O–H groups in total. The van der Waals surface area contributed by atoms with Crippen molar-refractivity contribution < 1.29 is 19.2 Å². The van der Waals surface area contributed by atoms with Gasteiger partial charge in [-0.2, -0.15) is 4.98 Å². The van der Waals surface area contributed by atoms with Crippen molar-refractivity contribution >= 4 is 11.8 Å². The van der Waals surface area contributed by atoms with Gasteiger partial charge in [0, 0.05) is 34.8 Å². The molecule has 7 heteroatoms. The van der Waals surface area contributed by atoms with E-state index in [1.54, 1.807) is 36.4 Å². The molecule has 7 nitrogen and oxygen atoms in total. The highest BCUT2D eigenvalue weighted by Gasteiger charge is 2.33. The number of rotatable bonds is 8. The Hall–Kier alpha value is -4.10. The average Bonchev–Trinajstić information content (AvgIpc) is 3.34. The van der Waals surface area contributed by atoms with E-state index in [-0.39, 0.29) is 17.7 Å². The Bertz CT molecular complexity index is 1290. The van der Waals surface area contributed by atoms with E-state index in [9.17, 15) is 9.59 Å². The van der Waals surface area contributed by atoms with Crippen molar-refractivity contribution in [2.75, 3.05) is 0 Å². The molecule has 0 saturated heterocycles. The maximum atomic E-state index is 12.6. The van der Waals surface area contributed by atoms with Crippen molar-refractivity contribution in [3.63, 3.8) is 0 Å². The van der Waals surface area contributed by atoms with Gasteiger partial charge in [-0.3, -0.25) is 9.59 Å². The third-order valence-corrected chi connectivity index (χ3v) is 6.15. The van der Waals surface area contributed by atoms with Crippen LogP contribution < -0.4 is 5.32 Å². The Kier molecular flexibility index (Phi) is 6.01. The average molecular weight is 453 g/mol. The molecule has 0 spiro atoms. The van der Waals surface area contributed by atoms with Gasteiger partial charge in [0.15, 0.2) is 5.78 Å². The quantitative estimate of drug-likeness (QED) is 0.376. The third kappa shape index (κ3) is 4.65. The molecular formula is C27H23N3O4. The molecule has 0 unspecified atom stereocenters. The molecule has 170 valence electrons. The van der Waals surface area contributed by atoms with Gasteiger partial charge in [-0.1, -0.05) is 71.9 Å². The summed E-state index contributed by atoms with van der Waals surface area (Å²) in [5.41, 5.74) is 3.92. The summed E-state index contributed by atoms with van der Waals surface area (Å²) in [5, 5.41) is 16.5. The van der Waals surface area contributed by atoms with Crippen LogP contribution >= 0.6 is 0 Å². The van der Waals surface area contributed by atoms with Gasteiger partial charge < -0.3 is 14.9 Å². The van der Waals surface area contributed by atoms with Crippen LogP contribution in [0.2, 0.25) is 0 Å². The van der Waals surface area contributed by atoms with Crippen LogP contribution in [0, 0.1) is 5.92 Å². The lowest BCUT2D eigenvalue weighted by Gasteiger charge is -2.33. The second-order valence-electron chi connectivity index (χ2n) is 8.48. The molecule has 0 bridgehead atoms. The molecule has 1 fully saturated rings. The molecule has 1 saturated carbocycles. The highest BCUT2D eigenvalue weighted by molar-refractivity contribution is 6.09. The second kappa shape index (κ2) is 9.41. The Balaban J connectivity index is 1.21. The minimum atomic E-state index is -0.710. The first-order chi connectivity index (χ1) is 16.6. The number of ketones is 1. The first kappa shape index (κ1) is 21.7. The number of carbonyl (C=O) groups excluding carboxylic acids is 1. The Labute approximate surface area is 196 Å². The number of aliphatic carboxylic acids is 1. The summed E-state index contributed by atoms with van der Waals surface area (Å²) in [5.74, 6) is -0.0852.